The number of para-hydroxylation sites is 1. The highest BCUT2D eigenvalue weighted by Gasteiger charge is 2.33. The van der Waals surface area contributed by atoms with Crippen molar-refractivity contribution >= 4 is 37.4 Å². The number of rotatable bonds is 4. The van der Waals surface area contributed by atoms with E-state index in [1.54, 1.807) is 0 Å². The molecule has 0 spiro atoms. The fourth-order valence-corrected chi connectivity index (χ4v) is 9.82. The zero-order valence-electron chi connectivity index (χ0n) is 16.7. The van der Waals surface area contributed by atoms with Gasteiger partial charge in [0.05, 0.1) is 25.2 Å². The molecule has 27 heavy (non-hydrogen) atoms. The van der Waals surface area contributed by atoms with Crippen LogP contribution in [-0.2, 0) is 0 Å². The number of pyridine rings is 1. The molecule has 0 bridgehead atoms. The molecule has 0 atom stereocenters. The Bertz CT molecular complexity index is 1050. The number of benzene rings is 2. The lowest BCUT2D eigenvalue weighted by Gasteiger charge is -2.30. The molecule has 0 aliphatic carbocycles. The number of fused-ring (bicyclic) bond motifs is 1. The standard InChI is InChI=1S/C23H26N2Si2/c1-26(2,3)17-22(20-11-6-9-18(15-20)16-24)27(4,5)21-13-7-10-19-12-8-14-25-23(19)21/h6-15,17H,1-5H3/b22-17+. The molecule has 2 aromatic carbocycles. The van der Waals surface area contributed by atoms with Gasteiger partial charge in [-0.15, -0.1) is 0 Å². The minimum Gasteiger partial charge on any atom is -0.256 e. The van der Waals surface area contributed by atoms with Crippen LogP contribution in [0.25, 0.3) is 16.1 Å². The second-order valence-electron chi connectivity index (χ2n) is 8.62. The Morgan fingerprint density at radius 2 is 1.67 bits per heavy atom. The van der Waals surface area contributed by atoms with Gasteiger partial charge in [-0.25, -0.2) is 0 Å². The van der Waals surface area contributed by atoms with Gasteiger partial charge in [0.1, 0.15) is 8.07 Å². The third-order valence-corrected chi connectivity index (χ3v) is 9.83. The Balaban J connectivity index is 2.27. The maximum Gasteiger partial charge on any atom is 0.114 e. The molecule has 0 aliphatic rings. The van der Waals surface area contributed by atoms with E-state index in [9.17, 15) is 5.26 Å². The van der Waals surface area contributed by atoms with Crippen LogP contribution in [0, 0.1) is 11.3 Å². The Morgan fingerprint density at radius 1 is 0.963 bits per heavy atom. The van der Waals surface area contributed by atoms with Gasteiger partial charge < -0.3 is 0 Å². The summed E-state index contributed by atoms with van der Waals surface area (Å²) in [5.74, 6) is 0. The minimum absolute atomic E-state index is 0.717. The van der Waals surface area contributed by atoms with E-state index in [1.165, 1.54) is 21.3 Å². The van der Waals surface area contributed by atoms with Crippen LogP contribution in [0.4, 0.5) is 0 Å². The molecule has 3 aromatic rings. The topological polar surface area (TPSA) is 36.7 Å². The summed E-state index contributed by atoms with van der Waals surface area (Å²) < 4.78 is 0. The summed E-state index contributed by atoms with van der Waals surface area (Å²) in [5.41, 5.74) is 5.53. The molecule has 0 aliphatic heterocycles. The van der Waals surface area contributed by atoms with Crippen molar-refractivity contribution in [2.45, 2.75) is 32.7 Å². The summed E-state index contributed by atoms with van der Waals surface area (Å²) in [6.07, 6.45) is 1.88. The maximum atomic E-state index is 9.38. The summed E-state index contributed by atoms with van der Waals surface area (Å²) in [6.45, 7) is 11.9. The molecule has 0 amide bonds. The first-order chi connectivity index (χ1) is 12.7. The minimum atomic E-state index is -2.04. The second kappa shape index (κ2) is 7.26. The number of nitriles is 1. The van der Waals surface area contributed by atoms with Gasteiger partial charge in [-0.05, 0) is 28.9 Å². The van der Waals surface area contributed by atoms with E-state index in [2.05, 4.69) is 74.8 Å². The molecule has 136 valence electrons. The Morgan fingerprint density at radius 3 is 2.37 bits per heavy atom. The Hall–Kier alpha value is -2.49. The van der Waals surface area contributed by atoms with E-state index < -0.39 is 16.1 Å². The van der Waals surface area contributed by atoms with Gasteiger partial charge in [-0.2, -0.15) is 5.26 Å². The van der Waals surface area contributed by atoms with Crippen LogP contribution < -0.4 is 5.19 Å². The molecule has 4 heteroatoms. The number of nitrogens with zero attached hydrogens (tertiary/aromatic N) is 2. The summed E-state index contributed by atoms with van der Waals surface area (Å²) in [7, 11) is -3.51. The maximum absolute atomic E-state index is 9.38. The average molecular weight is 387 g/mol. The average Bonchev–Trinajstić information content (AvgIpc) is 2.65. The van der Waals surface area contributed by atoms with E-state index >= 15 is 0 Å². The molecular weight excluding hydrogens is 360 g/mol. The van der Waals surface area contributed by atoms with Gasteiger partial charge in [0.25, 0.3) is 0 Å². The summed E-state index contributed by atoms with van der Waals surface area (Å²) >= 11 is 0. The Kier molecular flexibility index (Phi) is 5.19. The predicted molar refractivity (Wildman–Crippen MR) is 121 cm³/mol. The molecule has 0 saturated heterocycles. The van der Waals surface area contributed by atoms with Crippen LogP contribution in [0.1, 0.15) is 11.1 Å². The SMILES string of the molecule is C[Si](C)(C)/C=C(\c1cccc(C#N)c1)[Si](C)(C)c1cccc2cccnc12. The van der Waals surface area contributed by atoms with Crippen LogP contribution in [0.2, 0.25) is 32.7 Å². The van der Waals surface area contributed by atoms with Gasteiger partial charge in [-0.1, -0.05) is 80.0 Å². The number of aromatic nitrogens is 1. The number of hydrogen-bond donors (Lipinski definition) is 0. The van der Waals surface area contributed by atoms with Crippen molar-refractivity contribution < 1.29 is 0 Å². The molecule has 0 N–H and O–H groups in total. The van der Waals surface area contributed by atoms with Gasteiger partial charge in [0, 0.05) is 11.6 Å². The first-order valence-corrected chi connectivity index (χ1v) is 15.9. The molecule has 2 nitrogen and oxygen atoms in total. The van der Waals surface area contributed by atoms with Gasteiger partial charge in [0.15, 0.2) is 0 Å². The van der Waals surface area contributed by atoms with Gasteiger partial charge in [-0.3, -0.25) is 4.98 Å². The van der Waals surface area contributed by atoms with Crippen molar-refractivity contribution in [3.63, 3.8) is 0 Å². The summed E-state index contributed by atoms with van der Waals surface area (Å²) in [5, 5.41) is 13.3. The second-order valence-corrected chi connectivity index (χ2v) is 18.0. The predicted octanol–water partition coefficient (Wildman–Crippen LogP) is 5.52. The van der Waals surface area contributed by atoms with Crippen LogP contribution in [0.3, 0.4) is 0 Å². The van der Waals surface area contributed by atoms with Gasteiger partial charge >= 0.3 is 0 Å². The molecule has 0 radical (unpaired) electrons. The lowest BCUT2D eigenvalue weighted by molar-refractivity contribution is 1.42. The van der Waals surface area contributed by atoms with E-state index in [4.69, 9.17) is 4.98 Å². The van der Waals surface area contributed by atoms with Gasteiger partial charge in [0.2, 0.25) is 0 Å². The van der Waals surface area contributed by atoms with Crippen LogP contribution in [-0.4, -0.2) is 21.1 Å². The Labute approximate surface area is 164 Å². The summed E-state index contributed by atoms with van der Waals surface area (Å²) in [6, 6.07) is 21.0. The van der Waals surface area contributed by atoms with Crippen molar-refractivity contribution in [2.75, 3.05) is 0 Å². The first kappa shape index (κ1) is 19.3. The highest BCUT2D eigenvalue weighted by Crippen LogP contribution is 2.30. The molecule has 1 aromatic heterocycles. The molecule has 0 saturated carbocycles. The van der Waals surface area contributed by atoms with Crippen LogP contribution >= 0.6 is 0 Å². The third-order valence-electron chi connectivity index (χ3n) is 4.86. The van der Waals surface area contributed by atoms with Crippen molar-refractivity contribution in [3.8, 4) is 6.07 Å². The number of hydrogen-bond acceptors (Lipinski definition) is 2. The smallest absolute Gasteiger partial charge is 0.114 e. The van der Waals surface area contributed by atoms with Crippen LogP contribution in [0.15, 0.2) is 66.5 Å². The zero-order valence-corrected chi connectivity index (χ0v) is 18.7. The molecular formula is C23H26N2Si2. The van der Waals surface area contributed by atoms with E-state index in [0.717, 1.165) is 11.1 Å². The van der Waals surface area contributed by atoms with E-state index in [-0.39, 0.29) is 0 Å². The largest absolute Gasteiger partial charge is 0.256 e. The molecule has 1 heterocycles. The van der Waals surface area contributed by atoms with Crippen molar-refractivity contribution in [1.82, 2.24) is 4.98 Å². The highest BCUT2D eigenvalue weighted by molar-refractivity contribution is 7.07. The fourth-order valence-electron chi connectivity index (χ4n) is 3.57. The van der Waals surface area contributed by atoms with Crippen molar-refractivity contribution in [2.24, 2.45) is 0 Å². The molecule has 0 fully saturated rings. The lowest BCUT2D eigenvalue weighted by atomic mass is 10.1. The summed E-state index contributed by atoms with van der Waals surface area (Å²) in [4.78, 5) is 4.72. The van der Waals surface area contributed by atoms with E-state index in [0.29, 0.717) is 0 Å². The lowest BCUT2D eigenvalue weighted by Crippen LogP contribution is -2.44. The van der Waals surface area contributed by atoms with Crippen molar-refractivity contribution in [1.29, 1.82) is 5.26 Å². The van der Waals surface area contributed by atoms with E-state index in [1.807, 2.05) is 30.5 Å². The monoisotopic (exact) mass is 386 g/mol. The fraction of sp³-hybridized carbons (Fsp3) is 0.217. The quantitative estimate of drug-likeness (QED) is 0.553. The molecule has 3 rings (SSSR count). The van der Waals surface area contributed by atoms with Crippen molar-refractivity contribution in [3.05, 3.63) is 77.6 Å². The molecule has 0 unspecified atom stereocenters. The third kappa shape index (κ3) is 4.10. The normalized spacial score (nSPS) is 12.8. The van der Waals surface area contributed by atoms with Crippen LogP contribution in [0.5, 0.6) is 0 Å². The first-order valence-electron chi connectivity index (χ1n) is 9.30. The highest BCUT2D eigenvalue weighted by atomic mass is 28.3. The zero-order chi connectivity index (χ0) is 19.7.